The fourth-order valence-electron chi connectivity index (χ4n) is 3.69. The molecular formula is C21H27ClN4O. The van der Waals surface area contributed by atoms with E-state index in [2.05, 4.69) is 39.7 Å². The van der Waals surface area contributed by atoms with Crippen molar-refractivity contribution in [1.82, 2.24) is 15.3 Å². The molecule has 0 unspecified atom stereocenters. The fourth-order valence-corrected chi connectivity index (χ4v) is 3.85. The number of rotatable bonds is 5. The van der Waals surface area contributed by atoms with Gasteiger partial charge in [-0.05, 0) is 76.1 Å². The first-order valence-corrected chi connectivity index (χ1v) is 9.90. The lowest BCUT2D eigenvalue weighted by Crippen LogP contribution is -2.38. The molecule has 144 valence electrons. The zero-order chi connectivity index (χ0) is 19.4. The molecule has 1 saturated carbocycles. The van der Waals surface area contributed by atoms with Crippen LogP contribution >= 0.6 is 11.6 Å². The highest BCUT2D eigenvalue weighted by atomic mass is 35.5. The minimum Gasteiger partial charge on any atom is -0.370 e. The lowest BCUT2D eigenvalue weighted by molar-refractivity contribution is 0.0921. The Morgan fingerprint density at radius 3 is 2.59 bits per heavy atom. The number of carbonyl (C=O) groups is 1. The highest BCUT2D eigenvalue weighted by Crippen LogP contribution is 2.25. The van der Waals surface area contributed by atoms with Crippen molar-refractivity contribution in [2.45, 2.75) is 52.5 Å². The van der Waals surface area contributed by atoms with Crippen LogP contribution in [0.4, 0.5) is 5.82 Å². The molecule has 1 aliphatic rings. The largest absolute Gasteiger partial charge is 0.370 e. The van der Waals surface area contributed by atoms with Gasteiger partial charge >= 0.3 is 0 Å². The maximum atomic E-state index is 12.5. The predicted molar refractivity (Wildman–Crippen MR) is 109 cm³/mol. The molecule has 0 aliphatic heterocycles. The summed E-state index contributed by atoms with van der Waals surface area (Å²) in [6.45, 7) is 6.86. The Hall–Kier alpha value is -2.14. The lowest BCUT2D eigenvalue weighted by Gasteiger charge is -2.29. The quantitative estimate of drug-likeness (QED) is 0.796. The van der Waals surface area contributed by atoms with Gasteiger partial charge in [0.25, 0.3) is 5.91 Å². The molecule has 0 saturated heterocycles. The van der Waals surface area contributed by atoms with E-state index in [0.717, 1.165) is 43.7 Å². The van der Waals surface area contributed by atoms with Gasteiger partial charge in [-0.3, -0.25) is 9.78 Å². The SMILES string of the molecule is Cc1cc(C)nc(NCC2CCC(NC(=O)c3cc(Cl)cnc3C)CC2)c1. The van der Waals surface area contributed by atoms with Crippen molar-refractivity contribution in [3.63, 3.8) is 0 Å². The van der Waals surface area contributed by atoms with Gasteiger partial charge in [0.15, 0.2) is 0 Å². The minimum absolute atomic E-state index is 0.0801. The Balaban J connectivity index is 1.47. The van der Waals surface area contributed by atoms with Crippen molar-refractivity contribution in [2.24, 2.45) is 5.92 Å². The zero-order valence-corrected chi connectivity index (χ0v) is 16.9. The average molecular weight is 387 g/mol. The maximum Gasteiger partial charge on any atom is 0.253 e. The second-order valence-corrected chi connectivity index (χ2v) is 7.97. The molecule has 0 aromatic carbocycles. The van der Waals surface area contributed by atoms with E-state index >= 15 is 0 Å². The zero-order valence-electron chi connectivity index (χ0n) is 16.2. The van der Waals surface area contributed by atoms with Crippen molar-refractivity contribution in [3.8, 4) is 0 Å². The number of carbonyl (C=O) groups excluding carboxylic acids is 1. The molecule has 0 spiro atoms. The summed E-state index contributed by atoms with van der Waals surface area (Å²) < 4.78 is 0. The molecule has 27 heavy (non-hydrogen) atoms. The number of hydrogen-bond acceptors (Lipinski definition) is 4. The molecule has 3 rings (SSSR count). The first-order chi connectivity index (χ1) is 12.9. The number of nitrogens with one attached hydrogen (secondary N) is 2. The molecular weight excluding hydrogens is 360 g/mol. The number of pyridine rings is 2. The molecule has 2 aromatic heterocycles. The standard InChI is InChI=1S/C21H27ClN4O/c1-13-8-14(2)25-20(9-13)24-11-16-4-6-18(7-5-16)26-21(27)19-10-17(22)12-23-15(19)3/h8-10,12,16,18H,4-7,11H2,1-3H3,(H,24,25)(H,26,27). The number of amides is 1. The number of aryl methyl sites for hydroxylation is 3. The van der Waals surface area contributed by atoms with Gasteiger partial charge in [-0.2, -0.15) is 0 Å². The number of hydrogen-bond donors (Lipinski definition) is 2. The molecule has 2 aromatic rings. The third-order valence-corrected chi connectivity index (χ3v) is 5.36. The van der Waals surface area contributed by atoms with Gasteiger partial charge in [0.05, 0.1) is 16.3 Å². The van der Waals surface area contributed by atoms with E-state index in [4.69, 9.17) is 11.6 Å². The van der Waals surface area contributed by atoms with E-state index in [1.54, 1.807) is 12.3 Å². The molecule has 2 heterocycles. The third-order valence-electron chi connectivity index (χ3n) is 5.15. The Labute approximate surface area is 166 Å². The summed E-state index contributed by atoms with van der Waals surface area (Å²) in [5.41, 5.74) is 3.53. The van der Waals surface area contributed by atoms with E-state index in [1.165, 1.54) is 5.56 Å². The van der Waals surface area contributed by atoms with E-state index in [1.807, 2.05) is 13.8 Å². The van der Waals surface area contributed by atoms with Gasteiger partial charge in [-0.1, -0.05) is 11.6 Å². The Bertz CT molecular complexity index is 796. The van der Waals surface area contributed by atoms with Crippen molar-refractivity contribution < 1.29 is 4.79 Å². The number of anilines is 1. The summed E-state index contributed by atoms with van der Waals surface area (Å²) in [6.07, 6.45) is 5.73. The van der Waals surface area contributed by atoms with Crippen LogP contribution in [0.3, 0.4) is 0 Å². The minimum atomic E-state index is -0.0801. The van der Waals surface area contributed by atoms with Crippen LogP contribution in [0.25, 0.3) is 0 Å². The lowest BCUT2D eigenvalue weighted by atomic mass is 9.86. The van der Waals surface area contributed by atoms with E-state index < -0.39 is 0 Å². The molecule has 0 radical (unpaired) electrons. The first kappa shape index (κ1) is 19.6. The van der Waals surface area contributed by atoms with Crippen LogP contribution in [0, 0.1) is 26.7 Å². The van der Waals surface area contributed by atoms with Crippen LogP contribution in [0.2, 0.25) is 5.02 Å². The Morgan fingerprint density at radius 2 is 1.89 bits per heavy atom. The Morgan fingerprint density at radius 1 is 1.15 bits per heavy atom. The molecule has 5 nitrogen and oxygen atoms in total. The number of halogens is 1. The highest BCUT2D eigenvalue weighted by molar-refractivity contribution is 6.30. The second kappa shape index (κ2) is 8.70. The molecule has 0 bridgehead atoms. The predicted octanol–water partition coefficient (Wildman–Crippen LogP) is 4.46. The van der Waals surface area contributed by atoms with Crippen LogP contribution in [0.5, 0.6) is 0 Å². The fraction of sp³-hybridized carbons (Fsp3) is 0.476. The summed E-state index contributed by atoms with van der Waals surface area (Å²) in [6, 6.07) is 6.06. The van der Waals surface area contributed by atoms with Gasteiger partial charge in [0.2, 0.25) is 0 Å². The van der Waals surface area contributed by atoms with Crippen LogP contribution in [-0.2, 0) is 0 Å². The normalized spacial score (nSPS) is 19.6. The topological polar surface area (TPSA) is 66.9 Å². The van der Waals surface area contributed by atoms with Crippen LogP contribution in [0.15, 0.2) is 24.4 Å². The summed E-state index contributed by atoms with van der Waals surface area (Å²) in [7, 11) is 0. The molecule has 6 heteroatoms. The van der Waals surface area contributed by atoms with Gasteiger partial charge in [0.1, 0.15) is 5.82 Å². The molecule has 1 amide bonds. The number of aromatic nitrogens is 2. The molecule has 1 fully saturated rings. The maximum absolute atomic E-state index is 12.5. The van der Waals surface area contributed by atoms with E-state index in [-0.39, 0.29) is 11.9 Å². The van der Waals surface area contributed by atoms with E-state index in [9.17, 15) is 4.79 Å². The monoisotopic (exact) mass is 386 g/mol. The van der Waals surface area contributed by atoms with Crippen LogP contribution in [0.1, 0.15) is 53.0 Å². The second-order valence-electron chi connectivity index (χ2n) is 7.53. The summed E-state index contributed by atoms with van der Waals surface area (Å²) in [5.74, 6) is 1.48. The molecule has 1 aliphatic carbocycles. The third kappa shape index (κ3) is 5.42. The first-order valence-electron chi connectivity index (χ1n) is 9.53. The summed E-state index contributed by atoms with van der Waals surface area (Å²) in [5, 5.41) is 7.10. The highest BCUT2D eigenvalue weighted by Gasteiger charge is 2.23. The van der Waals surface area contributed by atoms with E-state index in [0.29, 0.717) is 22.2 Å². The molecule has 2 N–H and O–H groups in total. The van der Waals surface area contributed by atoms with Gasteiger partial charge in [0, 0.05) is 24.5 Å². The van der Waals surface area contributed by atoms with Crippen LogP contribution < -0.4 is 10.6 Å². The average Bonchev–Trinajstić information content (AvgIpc) is 2.62. The Kier molecular flexibility index (Phi) is 6.32. The van der Waals surface area contributed by atoms with Crippen molar-refractivity contribution in [3.05, 3.63) is 51.9 Å². The van der Waals surface area contributed by atoms with Crippen molar-refractivity contribution in [1.29, 1.82) is 0 Å². The summed E-state index contributed by atoms with van der Waals surface area (Å²) >= 11 is 5.97. The van der Waals surface area contributed by atoms with Gasteiger partial charge < -0.3 is 10.6 Å². The molecule has 0 atom stereocenters. The van der Waals surface area contributed by atoms with Crippen molar-refractivity contribution in [2.75, 3.05) is 11.9 Å². The van der Waals surface area contributed by atoms with Gasteiger partial charge in [-0.25, -0.2) is 4.98 Å². The van der Waals surface area contributed by atoms with Crippen LogP contribution in [-0.4, -0.2) is 28.5 Å². The number of nitrogens with zero attached hydrogens (tertiary/aromatic N) is 2. The van der Waals surface area contributed by atoms with Gasteiger partial charge in [-0.15, -0.1) is 0 Å². The van der Waals surface area contributed by atoms with Crippen molar-refractivity contribution >= 4 is 23.3 Å². The summed E-state index contributed by atoms with van der Waals surface area (Å²) in [4.78, 5) is 21.2. The smallest absolute Gasteiger partial charge is 0.253 e.